The largest absolute Gasteiger partial charge is 0.365 e. The van der Waals surface area contributed by atoms with Crippen LogP contribution in [0.4, 0.5) is 5.13 Å². The number of rotatable bonds is 4. The number of amides is 2. The third-order valence-corrected chi connectivity index (χ3v) is 5.87. The molecule has 0 spiro atoms. The summed E-state index contributed by atoms with van der Waals surface area (Å²) in [6, 6.07) is 7.72. The summed E-state index contributed by atoms with van der Waals surface area (Å²) in [7, 11) is 1.78. The van der Waals surface area contributed by atoms with Gasteiger partial charge in [0, 0.05) is 26.7 Å². The van der Waals surface area contributed by atoms with Crippen molar-refractivity contribution in [3.05, 3.63) is 46.0 Å². The van der Waals surface area contributed by atoms with E-state index in [-0.39, 0.29) is 11.8 Å². The molecule has 0 bridgehead atoms. The molecule has 0 saturated carbocycles. The number of anilines is 1. The minimum Gasteiger partial charge on any atom is -0.365 e. The van der Waals surface area contributed by atoms with Crippen LogP contribution in [0, 0.1) is 13.8 Å². The number of carbonyl (C=O) groups is 2. The van der Waals surface area contributed by atoms with Crippen molar-refractivity contribution in [3.63, 3.8) is 0 Å². The Morgan fingerprint density at radius 2 is 1.96 bits per heavy atom. The van der Waals surface area contributed by atoms with Crippen molar-refractivity contribution >= 4 is 28.3 Å². The average Bonchev–Trinajstić information content (AvgIpc) is 3.01. The molecule has 1 saturated heterocycles. The molecular weight excluding hydrogens is 348 g/mol. The van der Waals surface area contributed by atoms with Crippen LogP contribution >= 0.6 is 11.3 Å². The van der Waals surface area contributed by atoms with Gasteiger partial charge in [0.15, 0.2) is 5.13 Å². The van der Waals surface area contributed by atoms with Crippen LogP contribution in [0.1, 0.15) is 33.4 Å². The summed E-state index contributed by atoms with van der Waals surface area (Å²) in [5, 5.41) is 3.68. The standard InChI is InChI=1S/C19H24N4O2S/c1-12-5-7-15(8-6-12)11-22-9-10-23(14(3)17(22)24)18(25)16-13(2)21-19(20-4)26-16/h5-8,14H,9-11H2,1-4H3,(H,20,21)/t14-/m0/s1. The van der Waals surface area contributed by atoms with Crippen LogP contribution in [0.25, 0.3) is 0 Å². The second kappa shape index (κ2) is 7.45. The van der Waals surface area contributed by atoms with E-state index in [9.17, 15) is 9.59 Å². The van der Waals surface area contributed by atoms with E-state index in [0.717, 1.165) is 5.56 Å². The van der Waals surface area contributed by atoms with Crippen molar-refractivity contribution in [2.45, 2.75) is 33.4 Å². The zero-order chi connectivity index (χ0) is 18.8. The second-order valence-corrected chi connectivity index (χ2v) is 7.60. The third kappa shape index (κ3) is 3.58. The first-order valence-electron chi connectivity index (χ1n) is 8.71. The van der Waals surface area contributed by atoms with Crippen molar-refractivity contribution in [2.75, 3.05) is 25.5 Å². The van der Waals surface area contributed by atoms with Gasteiger partial charge in [-0.3, -0.25) is 9.59 Å². The predicted molar refractivity (Wildman–Crippen MR) is 103 cm³/mol. The van der Waals surface area contributed by atoms with Gasteiger partial charge in [0.1, 0.15) is 10.9 Å². The maximum atomic E-state index is 12.9. The Morgan fingerprint density at radius 3 is 2.58 bits per heavy atom. The zero-order valence-electron chi connectivity index (χ0n) is 15.6. The van der Waals surface area contributed by atoms with Crippen molar-refractivity contribution in [1.29, 1.82) is 0 Å². The Kier molecular flexibility index (Phi) is 5.27. The van der Waals surface area contributed by atoms with E-state index in [1.165, 1.54) is 16.9 Å². The summed E-state index contributed by atoms with van der Waals surface area (Å²) >= 11 is 1.33. The molecule has 1 atom stereocenters. The molecular formula is C19H24N4O2S. The minimum atomic E-state index is -0.471. The highest BCUT2D eigenvalue weighted by molar-refractivity contribution is 7.17. The molecule has 1 fully saturated rings. The highest BCUT2D eigenvalue weighted by atomic mass is 32.1. The fourth-order valence-corrected chi connectivity index (χ4v) is 3.99. The number of benzene rings is 1. The molecule has 2 heterocycles. The summed E-state index contributed by atoms with van der Waals surface area (Å²) in [6.07, 6.45) is 0. The molecule has 7 heteroatoms. The SMILES string of the molecule is CNc1nc(C)c(C(=O)N2CCN(Cc3ccc(C)cc3)C(=O)[C@@H]2C)s1. The van der Waals surface area contributed by atoms with E-state index in [1.54, 1.807) is 18.9 Å². The number of aromatic nitrogens is 1. The Labute approximate surface area is 157 Å². The van der Waals surface area contributed by atoms with Crippen molar-refractivity contribution in [2.24, 2.45) is 0 Å². The quantitative estimate of drug-likeness (QED) is 0.896. The highest BCUT2D eigenvalue weighted by Crippen LogP contribution is 2.26. The van der Waals surface area contributed by atoms with Crippen molar-refractivity contribution in [3.8, 4) is 0 Å². The van der Waals surface area contributed by atoms with Crippen molar-refractivity contribution in [1.82, 2.24) is 14.8 Å². The maximum Gasteiger partial charge on any atom is 0.266 e. The van der Waals surface area contributed by atoms with Crippen LogP contribution in [-0.4, -0.2) is 52.8 Å². The van der Waals surface area contributed by atoms with Crippen LogP contribution < -0.4 is 5.32 Å². The number of nitrogens with zero attached hydrogens (tertiary/aromatic N) is 3. The number of thiazole rings is 1. The van der Waals surface area contributed by atoms with Gasteiger partial charge in [-0.2, -0.15) is 0 Å². The van der Waals surface area contributed by atoms with Gasteiger partial charge in [0.05, 0.1) is 5.69 Å². The lowest BCUT2D eigenvalue weighted by Gasteiger charge is -2.39. The molecule has 26 heavy (non-hydrogen) atoms. The van der Waals surface area contributed by atoms with Crippen LogP contribution in [-0.2, 0) is 11.3 Å². The Balaban J connectivity index is 1.71. The van der Waals surface area contributed by atoms with Gasteiger partial charge in [0.25, 0.3) is 5.91 Å². The molecule has 0 radical (unpaired) electrons. The van der Waals surface area contributed by atoms with Gasteiger partial charge < -0.3 is 15.1 Å². The van der Waals surface area contributed by atoms with Crippen LogP contribution in [0.3, 0.4) is 0 Å². The number of aryl methyl sites for hydroxylation is 2. The highest BCUT2D eigenvalue weighted by Gasteiger charge is 2.35. The van der Waals surface area contributed by atoms with Crippen LogP contribution in [0.5, 0.6) is 0 Å². The first-order chi connectivity index (χ1) is 12.4. The molecule has 0 aliphatic carbocycles. The van der Waals surface area contributed by atoms with E-state index < -0.39 is 6.04 Å². The smallest absolute Gasteiger partial charge is 0.266 e. The van der Waals surface area contributed by atoms with Gasteiger partial charge in [-0.25, -0.2) is 4.98 Å². The first-order valence-corrected chi connectivity index (χ1v) is 9.53. The summed E-state index contributed by atoms with van der Waals surface area (Å²) in [4.78, 5) is 34.1. The second-order valence-electron chi connectivity index (χ2n) is 6.60. The lowest BCUT2D eigenvalue weighted by Crippen LogP contribution is -2.57. The van der Waals surface area contributed by atoms with Gasteiger partial charge in [-0.05, 0) is 26.3 Å². The Bertz CT molecular complexity index is 815. The van der Waals surface area contributed by atoms with Crippen LogP contribution in [0.15, 0.2) is 24.3 Å². The summed E-state index contributed by atoms with van der Waals surface area (Å²) in [5.41, 5.74) is 3.00. The molecule has 2 amide bonds. The Morgan fingerprint density at radius 1 is 1.27 bits per heavy atom. The van der Waals surface area contributed by atoms with E-state index in [0.29, 0.717) is 35.3 Å². The summed E-state index contributed by atoms with van der Waals surface area (Å²) < 4.78 is 0. The first kappa shape index (κ1) is 18.4. The molecule has 3 rings (SSSR count). The van der Waals surface area contributed by atoms with E-state index in [1.807, 2.05) is 30.9 Å². The molecule has 1 aliphatic rings. The molecule has 1 aliphatic heterocycles. The predicted octanol–water partition coefficient (Wildman–Crippen LogP) is 2.67. The molecule has 0 unspecified atom stereocenters. The molecule has 2 aromatic rings. The van der Waals surface area contributed by atoms with E-state index in [4.69, 9.17) is 0 Å². The van der Waals surface area contributed by atoms with Gasteiger partial charge in [0.2, 0.25) is 5.91 Å². The minimum absolute atomic E-state index is 0.0128. The number of carbonyl (C=O) groups excluding carboxylic acids is 2. The lowest BCUT2D eigenvalue weighted by molar-refractivity contribution is -0.140. The number of hydrogen-bond donors (Lipinski definition) is 1. The van der Waals surface area contributed by atoms with Crippen LogP contribution in [0.2, 0.25) is 0 Å². The van der Waals surface area contributed by atoms with E-state index >= 15 is 0 Å². The topological polar surface area (TPSA) is 65.5 Å². The lowest BCUT2D eigenvalue weighted by atomic mass is 10.1. The van der Waals surface area contributed by atoms with Gasteiger partial charge in [-0.15, -0.1) is 0 Å². The van der Waals surface area contributed by atoms with Gasteiger partial charge in [-0.1, -0.05) is 41.2 Å². The molecule has 1 aromatic heterocycles. The van der Waals surface area contributed by atoms with E-state index in [2.05, 4.69) is 22.4 Å². The monoisotopic (exact) mass is 372 g/mol. The summed E-state index contributed by atoms with van der Waals surface area (Å²) in [6.45, 7) is 7.32. The number of piperazine rings is 1. The third-order valence-electron chi connectivity index (χ3n) is 4.71. The van der Waals surface area contributed by atoms with Gasteiger partial charge >= 0.3 is 0 Å². The van der Waals surface area contributed by atoms with Crippen molar-refractivity contribution < 1.29 is 9.59 Å². The number of nitrogens with one attached hydrogen (secondary N) is 1. The summed E-state index contributed by atoms with van der Waals surface area (Å²) in [5.74, 6) is -0.126. The maximum absolute atomic E-state index is 12.9. The fraction of sp³-hybridized carbons (Fsp3) is 0.421. The molecule has 6 nitrogen and oxygen atoms in total. The molecule has 1 aromatic carbocycles. The fourth-order valence-electron chi connectivity index (χ4n) is 3.11. The normalized spacial score (nSPS) is 17.5. The molecule has 1 N–H and O–H groups in total. The number of hydrogen-bond acceptors (Lipinski definition) is 5. The molecule has 138 valence electrons. The zero-order valence-corrected chi connectivity index (χ0v) is 16.4. The Hall–Kier alpha value is -2.41. The average molecular weight is 372 g/mol.